The second kappa shape index (κ2) is 3.88. The highest BCUT2D eigenvalue weighted by Gasteiger charge is 2.29. The molecule has 0 amide bonds. The first-order chi connectivity index (χ1) is 5.66. The van der Waals surface area contributed by atoms with Crippen LogP contribution in [0.2, 0.25) is 0 Å². The molecule has 12 heavy (non-hydrogen) atoms. The quantitative estimate of drug-likeness (QED) is 0.617. The van der Waals surface area contributed by atoms with Crippen molar-refractivity contribution in [3.8, 4) is 6.07 Å². The van der Waals surface area contributed by atoms with Crippen molar-refractivity contribution in [3.63, 3.8) is 0 Å². The van der Waals surface area contributed by atoms with Gasteiger partial charge in [0.05, 0.1) is 18.2 Å². The van der Waals surface area contributed by atoms with Crippen LogP contribution in [-0.2, 0) is 4.74 Å². The summed E-state index contributed by atoms with van der Waals surface area (Å²) in [7, 11) is 1.99. The molecule has 1 aliphatic rings. The van der Waals surface area contributed by atoms with Crippen LogP contribution in [0.25, 0.3) is 0 Å². The highest BCUT2D eigenvalue weighted by atomic mass is 16.5. The average molecular weight is 168 g/mol. The number of hydrogen-bond acceptors (Lipinski definition) is 3. The Morgan fingerprint density at radius 2 is 2.33 bits per heavy atom. The monoisotopic (exact) mass is 168 g/mol. The lowest BCUT2D eigenvalue weighted by atomic mass is 10.1. The van der Waals surface area contributed by atoms with E-state index in [1.165, 1.54) is 0 Å². The van der Waals surface area contributed by atoms with E-state index in [0.717, 1.165) is 13.0 Å². The molecule has 0 aromatic carbocycles. The molecule has 3 heteroatoms. The third-order valence-corrected chi connectivity index (χ3v) is 2.66. The molecule has 0 N–H and O–H groups in total. The smallest absolute Gasteiger partial charge is 0.0950 e. The predicted octanol–water partition coefficient (Wildman–Crippen LogP) is 1.01. The summed E-state index contributed by atoms with van der Waals surface area (Å²) < 4.78 is 5.43. The summed E-state index contributed by atoms with van der Waals surface area (Å²) in [5.41, 5.74) is 0. The van der Waals surface area contributed by atoms with Gasteiger partial charge in [-0.3, -0.25) is 4.90 Å². The molecule has 1 heterocycles. The minimum atomic E-state index is -0.0147. The van der Waals surface area contributed by atoms with Crippen LogP contribution in [-0.4, -0.2) is 36.7 Å². The van der Waals surface area contributed by atoms with Gasteiger partial charge in [0.1, 0.15) is 0 Å². The first-order valence-electron chi connectivity index (χ1n) is 4.40. The number of ether oxygens (including phenoxy) is 1. The zero-order chi connectivity index (χ0) is 9.14. The lowest BCUT2D eigenvalue weighted by molar-refractivity contribution is 0.0782. The van der Waals surface area contributed by atoms with Gasteiger partial charge in [0.2, 0.25) is 0 Å². The summed E-state index contributed by atoms with van der Waals surface area (Å²) >= 11 is 0. The van der Waals surface area contributed by atoms with Gasteiger partial charge in [0, 0.05) is 12.6 Å². The van der Waals surface area contributed by atoms with Crippen molar-refractivity contribution in [3.05, 3.63) is 0 Å². The Labute approximate surface area is 73.9 Å². The molecule has 0 saturated carbocycles. The van der Waals surface area contributed by atoms with Crippen LogP contribution >= 0.6 is 0 Å². The molecule has 1 aliphatic heterocycles. The van der Waals surface area contributed by atoms with Crippen molar-refractivity contribution in [2.24, 2.45) is 0 Å². The molecule has 0 radical (unpaired) electrons. The number of rotatable bonds is 2. The summed E-state index contributed by atoms with van der Waals surface area (Å²) in [4.78, 5) is 2.09. The molecule has 68 valence electrons. The third kappa shape index (κ3) is 1.77. The fourth-order valence-electron chi connectivity index (χ4n) is 1.63. The summed E-state index contributed by atoms with van der Waals surface area (Å²) in [6, 6.07) is 2.63. The van der Waals surface area contributed by atoms with Crippen LogP contribution in [0.4, 0.5) is 0 Å². The second-order valence-corrected chi connectivity index (χ2v) is 3.40. The Balaban J connectivity index is 2.52. The highest BCUT2D eigenvalue weighted by Crippen LogP contribution is 2.19. The summed E-state index contributed by atoms with van der Waals surface area (Å²) in [5, 5.41) is 8.72. The van der Waals surface area contributed by atoms with Gasteiger partial charge in [-0.25, -0.2) is 0 Å². The molecular weight excluding hydrogens is 152 g/mol. The molecule has 3 atom stereocenters. The molecule has 3 unspecified atom stereocenters. The van der Waals surface area contributed by atoms with Crippen LogP contribution in [0.3, 0.4) is 0 Å². The maximum atomic E-state index is 8.72. The Morgan fingerprint density at radius 3 is 2.75 bits per heavy atom. The van der Waals surface area contributed by atoms with E-state index in [1.54, 1.807) is 0 Å². The van der Waals surface area contributed by atoms with Gasteiger partial charge in [-0.05, 0) is 27.3 Å². The molecule has 0 aliphatic carbocycles. The van der Waals surface area contributed by atoms with Gasteiger partial charge in [0.25, 0.3) is 0 Å². The molecule has 1 saturated heterocycles. The zero-order valence-electron chi connectivity index (χ0n) is 7.95. The normalized spacial score (nSPS) is 31.9. The number of nitriles is 1. The fourth-order valence-corrected chi connectivity index (χ4v) is 1.63. The van der Waals surface area contributed by atoms with E-state index in [-0.39, 0.29) is 12.1 Å². The van der Waals surface area contributed by atoms with Crippen molar-refractivity contribution >= 4 is 0 Å². The predicted molar refractivity (Wildman–Crippen MR) is 46.7 cm³/mol. The highest BCUT2D eigenvalue weighted by molar-refractivity contribution is 4.92. The third-order valence-electron chi connectivity index (χ3n) is 2.66. The summed E-state index contributed by atoms with van der Waals surface area (Å²) in [5.74, 6) is 0. The molecule has 0 bridgehead atoms. The number of likely N-dealkylation sites (N-methyl/N-ethyl adjacent to an activating group) is 1. The van der Waals surface area contributed by atoms with E-state index < -0.39 is 0 Å². The van der Waals surface area contributed by atoms with Crippen molar-refractivity contribution in [2.75, 3.05) is 13.7 Å². The van der Waals surface area contributed by atoms with E-state index in [9.17, 15) is 0 Å². The Hall–Kier alpha value is -0.590. The topological polar surface area (TPSA) is 36.3 Å². The summed E-state index contributed by atoms with van der Waals surface area (Å²) in [6.45, 7) is 4.82. The Morgan fingerprint density at radius 1 is 1.67 bits per heavy atom. The number of nitrogens with zero attached hydrogens (tertiary/aromatic N) is 2. The van der Waals surface area contributed by atoms with Gasteiger partial charge < -0.3 is 4.74 Å². The molecule has 0 spiro atoms. The minimum Gasteiger partial charge on any atom is -0.377 e. The first-order valence-corrected chi connectivity index (χ1v) is 4.40. The maximum absolute atomic E-state index is 8.72. The van der Waals surface area contributed by atoms with Crippen LogP contribution < -0.4 is 0 Å². The lowest BCUT2D eigenvalue weighted by Crippen LogP contribution is -2.41. The minimum absolute atomic E-state index is 0.0147. The largest absolute Gasteiger partial charge is 0.377 e. The fraction of sp³-hybridized carbons (Fsp3) is 0.889. The van der Waals surface area contributed by atoms with Gasteiger partial charge in [-0.2, -0.15) is 5.26 Å². The van der Waals surface area contributed by atoms with E-state index in [4.69, 9.17) is 10.00 Å². The standard InChI is InChI=1S/C9H16N2O/c1-7(6-10)11(3)9-4-5-12-8(9)2/h7-9H,4-5H2,1-3H3. The van der Waals surface area contributed by atoms with Crippen LogP contribution in [0, 0.1) is 11.3 Å². The molecule has 1 rings (SSSR count). The lowest BCUT2D eigenvalue weighted by Gasteiger charge is -2.28. The van der Waals surface area contributed by atoms with Crippen LogP contribution in [0.15, 0.2) is 0 Å². The van der Waals surface area contributed by atoms with Gasteiger partial charge >= 0.3 is 0 Å². The second-order valence-electron chi connectivity index (χ2n) is 3.40. The van der Waals surface area contributed by atoms with Crippen molar-refractivity contribution in [2.45, 2.75) is 38.5 Å². The molecule has 3 nitrogen and oxygen atoms in total. The molecule has 0 aromatic heterocycles. The number of hydrogen-bond donors (Lipinski definition) is 0. The first kappa shape index (κ1) is 9.50. The van der Waals surface area contributed by atoms with E-state index in [2.05, 4.69) is 17.9 Å². The maximum Gasteiger partial charge on any atom is 0.0950 e. The van der Waals surface area contributed by atoms with Crippen molar-refractivity contribution < 1.29 is 4.74 Å². The SMILES string of the molecule is CC1OCCC1N(C)C(C)C#N. The summed E-state index contributed by atoms with van der Waals surface area (Å²) in [6.07, 6.45) is 1.31. The van der Waals surface area contributed by atoms with Crippen LogP contribution in [0.1, 0.15) is 20.3 Å². The van der Waals surface area contributed by atoms with E-state index in [0.29, 0.717) is 6.04 Å². The van der Waals surface area contributed by atoms with E-state index >= 15 is 0 Å². The molecular formula is C9H16N2O. The Kier molecular flexibility index (Phi) is 3.07. The Bertz CT molecular complexity index is 187. The van der Waals surface area contributed by atoms with Crippen molar-refractivity contribution in [1.82, 2.24) is 4.90 Å². The van der Waals surface area contributed by atoms with Crippen LogP contribution in [0.5, 0.6) is 0 Å². The van der Waals surface area contributed by atoms with Gasteiger partial charge in [-0.1, -0.05) is 0 Å². The zero-order valence-corrected chi connectivity index (χ0v) is 7.95. The van der Waals surface area contributed by atoms with E-state index in [1.807, 2.05) is 14.0 Å². The van der Waals surface area contributed by atoms with Gasteiger partial charge in [-0.15, -0.1) is 0 Å². The average Bonchev–Trinajstić information content (AvgIpc) is 2.48. The molecule has 1 fully saturated rings. The van der Waals surface area contributed by atoms with Crippen molar-refractivity contribution in [1.29, 1.82) is 5.26 Å². The van der Waals surface area contributed by atoms with Gasteiger partial charge in [0.15, 0.2) is 0 Å². The molecule has 0 aromatic rings.